The van der Waals surface area contributed by atoms with Crippen LogP contribution in [0.25, 0.3) is 0 Å². The molecule has 1 aliphatic heterocycles. The highest BCUT2D eigenvalue weighted by Gasteiger charge is 2.51. The molecule has 0 radical (unpaired) electrons. The maximum atomic E-state index is 12.6. The highest BCUT2D eigenvalue weighted by molar-refractivity contribution is 6.08. The molecule has 162 valence electrons. The Bertz CT molecular complexity index is 816. The Morgan fingerprint density at radius 3 is 2.10 bits per heavy atom. The van der Waals surface area contributed by atoms with Crippen molar-refractivity contribution in [1.29, 1.82) is 0 Å². The third kappa shape index (κ3) is 4.55. The maximum Gasteiger partial charge on any atom is 0.329 e. The summed E-state index contributed by atoms with van der Waals surface area (Å²) in [5.41, 5.74) is 1.75. The van der Waals surface area contributed by atoms with Gasteiger partial charge in [-0.25, -0.2) is 4.79 Å². The van der Waals surface area contributed by atoms with Crippen molar-refractivity contribution in [3.63, 3.8) is 0 Å². The molecule has 0 unspecified atom stereocenters. The van der Waals surface area contributed by atoms with Crippen molar-refractivity contribution in [1.82, 2.24) is 4.90 Å². The van der Waals surface area contributed by atoms with Gasteiger partial charge in [-0.15, -0.1) is 0 Å². The lowest BCUT2D eigenvalue weighted by Gasteiger charge is -2.21. The zero-order chi connectivity index (χ0) is 22.1. The number of ether oxygens (including phenoxy) is 1. The Morgan fingerprint density at radius 1 is 1.07 bits per heavy atom. The molecule has 1 saturated carbocycles. The standard InChI is InChI=1S/C23H30N2O5/c1-14(25-20(27)17-7-5-6-8-18(17)21(25)28)22(29)30-13-19(26)24-16-11-9-15(10-12-16)23(2,3)4/h9-12,14,17-18H,5-8,13H2,1-4H3,(H,24,26)/t14-,17-,18+/m0/s1. The van der Waals surface area contributed by atoms with Gasteiger partial charge in [-0.3, -0.25) is 19.3 Å². The topological polar surface area (TPSA) is 92.8 Å². The van der Waals surface area contributed by atoms with E-state index in [1.807, 2.05) is 12.1 Å². The van der Waals surface area contributed by atoms with Gasteiger partial charge in [0.05, 0.1) is 11.8 Å². The first-order chi connectivity index (χ1) is 14.1. The first-order valence-electron chi connectivity index (χ1n) is 10.5. The molecule has 0 aromatic heterocycles. The van der Waals surface area contributed by atoms with Gasteiger partial charge in [-0.1, -0.05) is 45.7 Å². The Kier molecular flexibility index (Phi) is 6.29. The van der Waals surface area contributed by atoms with E-state index in [1.54, 1.807) is 12.1 Å². The van der Waals surface area contributed by atoms with Crippen LogP contribution in [0.4, 0.5) is 5.69 Å². The van der Waals surface area contributed by atoms with Crippen LogP contribution < -0.4 is 5.32 Å². The second kappa shape index (κ2) is 8.58. The molecule has 1 aromatic carbocycles. The van der Waals surface area contributed by atoms with Crippen LogP contribution in [0.1, 0.15) is 58.9 Å². The van der Waals surface area contributed by atoms with Gasteiger partial charge in [0.15, 0.2) is 6.61 Å². The van der Waals surface area contributed by atoms with E-state index in [4.69, 9.17) is 4.74 Å². The summed E-state index contributed by atoms with van der Waals surface area (Å²) in [7, 11) is 0. The molecule has 7 nitrogen and oxygen atoms in total. The minimum absolute atomic E-state index is 0.0101. The van der Waals surface area contributed by atoms with Crippen LogP contribution in [-0.4, -0.2) is 41.2 Å². The fourth-order valence-electron chi connectivity index (χ4n) is 4.18. The van der Waals surface area contributed by atoms with Crippen molar-refractivity contribution in [2.24, 2.45) is 11.8 Å². The quantitative estimate of drug-likeness (QED) is 0.591. The number of carbonyl (C=O) groups excluding carboxylic acids is 4. The van der Waals surface area contributed by atoms with E-state index < -0.39 is 24.5 Å². The molecule has 3 rings (SSSR count). The third-order valence-electron chi connectivity index (χ3n) is 5.98. The van der Waals surface area contributed by atoms with Crippen molar-refractivity contribution in [3.05, 3.63) is 29.8 Å². The molecular weight excluding hydrogens is 384 g/mol. The summed E-state index contributed by atoms with van der Waals surface area (Å²) in [5, 5.41) is 2.68. The summed E-state index contributed by atoms with van der Waals surface area (Å²) in [6, 6.07) is 6.44. The summed E-state index contributed by atoms with van der Waals surface area (Å²) in [5.74, 6) is -2.46. The van der Waals surface area contributed by atoms with Crippen molar-refractivity contribution < 1.29 is 23.9 Å². The van der Waals surface area contributed by atoms with Crippen LogP contribution in [0.5, 0.6) is 0 Å². The first kappa shape index (κ1) is 22.0. The fourth-order valence-corrected chi connectivity index (χ4v) is 4.18. The van der Waals surface area contributed by atoms with E-state index in [2.05, 4.69) is 26.1 Å². The van der Waals surface area contributed by atoms with Crippen LogP contribution in [0.3, 0.4) is 0 Å². The summed E-state index contributed by atoms with van der Waals surface area (Å²) >= 11 is 0. The van der Waals surface area contributed by atoms with Gasteiger partial charge in [0.25, 0.3) is 5.91 Å². The van der Waals surface area contributed by atoms with Crippen LogP contribution in [0.2, 0.25) is 0 Å². The predicted molar refractivity (Wildman–Crippen MR) is 111 cm³/mol. The zero-order valence-electron chi connectivity index (χ0n) is 18.1. The molecule has 30 heavy (non-hydrogen) atoms. The lowest BCUT2D eigenvalue weighted by Crippen LogP contribution is -2.45. The lowest BCUT2D eigenvalue weighted by molar-refractivity contribution is -0.159. The summed E-state index contributed by atoms with van der Waals surface area (Å²) in [4.78, 5) is 50.7. The van der Waals surface area contributed by atoms with Crippen LogP contribution in [-0.2, 0) is 29.3 Å². The molecule has 1 N–H and O–H groups in total. The molecule has 0 bridgehead atoms. The minimum Gasteiger partial charge on any atom is -0.454 e. The molecule has 0 spiro atoms. The number of imide groups is 1. The SMILES string of the molecule is C[C@@H](C(=O)OCC(=O)Nc1ccc(C(C)(C)C)cc1)N1C(=O)[C@H]2CCCC[C@H]2C1=O. The monoisotopic (exact) mass is 414 g/mol. The van der Waals surface area contributed by atoms with Gasteiger partial charge in [0, 0.05) is 5.69 Å². The summed E-state index contributed by atoms with van der Waals surface area (Å²) < 4.78 is 5.08. The van der Waals surface area contributed by atoms with E-state index in [0.29, 0.717) is 18.5 Å². The van der Waals surface area contributed by atoms with Gasteiger partial charge in [0.1, 0.15) is 6.04 Å². The lowest BCUT2D eigenvalue weighted by atomic mass is 9.81. The van der Waals surface area contributed by atoms with Crippen LogP contribution in [0, 0.1) is 11.8 Å². The van der Waals surface area contributed by atoms with Crippen LogP contribution in [0.15, 0.2) is 24.3 Å². The number of benzene rings is 1. The molecule has 1 aromatic rings. The number of rotatable bonds is 5. The molecule has 2 aliphatic rings. The van der Waals surface area contributed by atoms with Gasteiger partial charge in [0.2, 0.25) is 11.8 Å². The van der Waals surface area contributed by atoms with E-state index in [0.717, 1.165) is 23.3 Å². The molecule has 1 heterocycles. The fraction of sp³-hybridized carbons (Fsp3) is 0.565. The Labute approximate surface area is 177 Å². The molecular formula is C23H30N2O5. The Balaban J connectivity index is 1.53. The highest BCUT2D eigenvalue weighted by atomic mass is 16.5. The number of amides is 3. The number of fused-ring (bicyclic) bond motifs is 1. The van der Waals surface area contributed by atoms with Gasteiger partial charge in [-0.2, -0.15) is 0 Å². The van der Waals surface area contributed by atoms with Gasteiger partial charge < -0.3 is 10.1 Å². The Morgan fingerprint density at radius 2 is 1.60 bits per heavy atom. The number of anilines is 1. The second-order valence-corrected chi connectivity index (χ2v) is 9.20. The zero-order valence-corrected chi connectivity index (χ0v) is 18.1. The molecule has 1 aliphatic carbocycles. The van der Waals surface area contributed by atoms with E-state index >= 15 is 0 Å². The van der Waals surface area contributed by atoms with Crippen molar-refractivity contribution in [2.75, 3.05) is 11.9 Å². The first-order valence-corrected chi connectivity index (χ1v) is 10.5. The third-order valence-corrected chi connectivity index (χ3v) is 5.98. The molecule has 7 heteroatoms. The highest BCUT2D eigenvalue weighted by Crippen LogP contribution is 2.38. The van der Waals surface area contributed by atoms with E-state index in [-0.39, 0.29) is 29.1 Å². The van der Waals surface area contributed by atoms with Crippen molar-refractivity contribution >= 4 is 29.4 Å². The normalized spacial score (nSPS) is 22.5. The average Bonchev–Trinajstić information content (AvgIpc) is 2.96. The summed E-state index contributed by atoms with van der Waals surface area (Å²) in [6.07, 6.45) is 3.21. The molecule has 1 saturated heterocycles. The minimum atomic E-state index is -1.03. The summed E-state index contributed by atoms with van der Waals surface area (Å²) in [6.45, 7) is 7.30. The molecule has 3 atom stereocenters. The molecule has 3 amide bonds. The van der Waals surface area contributed by atoms with E-state index in [9.17, 15) is 19.2 Å². The number of esters is 1. The molecule has 2 fully saturated rings. The van der Waals surface area contributed by atoms with Crippen molar-refractivity contribution in [2.45, 2.75) is 64.8 Å². The number of likely N-dealkylation sites (tertiary alicyclic amines) is 1. The maximum absolute atomic E-state index is 12.6. The number of hydrogen-bond donors (Lipinski definition) is 1. The Hall–Kier alpha value is -2.70. The van der Waals surface area contributed by atoms with Crippen molar-refractivity contribution in [3.8, 4) is 0 Å². The predicted octanol–water partition coefficient (Wildman–Crippen LogP) is 3.03. The van der Waals surface area contributed by atoms with E-state index in [1.165, 1.54) is 6.92 Å². The number of hydrogen-bond acceptors (Lipinski definition) is 5. The van der Waals surface area contributed by atoms with Crippen LogP contribution >= 0.6 is 0 Å². The number of carbonyl (C=O) groups is 4. The van der Waals surface area contributed by atoms with Gasteiger partial charge >= 0.3 is 5.97 Å². The number of nitrogens with zero attached hydrogens (tertiary/aromatic N) is 1. The average molecular weight is 415 g/mol. The van der Waals surface area contributed by atoms with Gasteiger partial charge in [-0.05, 0) is 42.9 Å². The smallest absolute Gasteiger partial charge is 0.329 e. The number of nitrogens with one attached hydrogen (secondary N) is 1. The largest absolute Gasteiger partial charge is 0.454 e. The second-order valence-electron chi connectivity index (χ2n) is 9.20.